The minimum absolute atomic E-state index is 0.0595. The molecule has 1 saturated carbocycles. The predicted molar refractivity (Wildman–Crippen MR) is 84.8 cm³/mol. The van der Waals surface area contributed by atoms with E-state index >= 15 is 0 Å². The smallest absolute Gasteiger partial charge is 0.299 e. The topological polar surface area (TPSA) is 65.1 Å². The van der Waals surface area contributed by atoms with Gasteiger partial charge in [0.25, 0.3) is 11.7 Å². The fourth-order valence-corrected chi connectivity index (χ4v) is 3.58. The van der Waals surface area contributed by atoms with Gasteiger partial charge in [0.1, 0.15) is 0 Å². The number of ketones is 1. The van der Waals surface area contributed by atoms with Crippen LogP contribution in [-0.4, -0.2) is 39.1 Å². The highest BCUT2D eigenvalue weighted by molar-refractivity contribution is 6.53. The van der Waals surface area contributed by atoms with Crippen molar-refractivity contribution < 1.29 is 23.8 Å². The van der Waals surface area contributed by atoms with E-state index in [2.05, 4.69) is 0 Å². The van der Waals surface area contributed by atoms with Crippen LogP contribution in [0, 0.1) is 0 Å². The first-order chi connectivity index (χ1) is 11.1. The van der Waals surface area contributed by atoms with E-state index in [1.54, 1.807) is 11.0 Å². The molecule has 0 atom stereocenters. The fourth-order valence-electron chi connectivity index (χ4n) is 3.58. The number of carbonyl (C=O) groups excluding carboxylic acids is 2. The molecule has 1 heterocycles. The summed E-state index contributed by atoms with van der Waals surface area (Å²) in [7, 11) is 4.46. The van der Waals surface area contributed by atoms with Gasteiger partial charge in [0.2, 0.25) is 5.75 Å². The largest absolute Gasteiger partial charge is 0.493 e. The minimum atomic E-state index is -0.539. The summed E-state index contributed by atoms with van der Waals surface area (Å²) in [6.45, 7) is 0. The van der Waals surface area contributed by atoms with Crippen molar-refractivity contribution >= 4 is 17.4 Å². The quantitative estimate of drug-likeness (QED) is 0.798. The van der Waals surface area contributed by atoms with Gasteiger partial charge in [-0.2, -0.15) is 0 Å². The number of fused-ring (bicyclic) bond motifs is 1. The van der Waals surface area contributed by atoms with Gasteiger partial charge in [-0.3, -0.25) is 9.59 Å². The van der Waals surface area contributed by atoms with Crippen molar-refractivity contribution in [2.45, 2.75) is 38.1 Å². The number of hydrogen-bond donors (Lipinski definition) is 0. The highest BCUT2D eigenvalue weighted by Crippen LogP contribution is 2.49. The first-order valence-electron chi connectivity index (χ1n) is 7.84. The average molecular weight is 319 g/mol. The van der Waals surface area contributed by atoms with E-state index < -0.39 is 11.7 Å². The Morgan fingerprint density at radius 2 is 1.61 bits per heavy atom. The molecule has 0 N–H and O–H groups in total. The van der Waals surface area contributed by atoms with Gasteiger partial charge in [-0.1, -0.05) is 19.3 Å². The van der Waals surface area contributed by atoms with Crippen molar-refractivity contribution in [3.63, 3.8) is 0 Å². The highest BCUT2D eigenvalue weighted by Gasteiger charge is 2.44. The van der Waals surface area contributed by atoms with E-state index in [1.807, 2.05) is 0 Å². The third-order valence-corrected chi connectivity index (χ3v) is 4.65. The van der Waals surface area contributed by atoms with Crippen molar-refractivity contribution in [2.24, 2.45) is 0 Å². The maximum atomic E-state index is 12.6. The molecule has 124 valence electrons. The van der Waals surface area contributed by atoms with Crippen LogP contribution in [0.3, 0.4) is 0 Å². The Hall–Kier alpha value is -2.24. The van der Waals surface area contributed by atoms with Crippen molar-refractivity contribution in [2.75, 3.05) is 26.2 Å². The van der Waals surface area contributed by atoms with Gasteiger partial charge < -0.3 is 19.1 Å². The van der Waals surface area contributed by atoms with E-state index in [0.717, 1.165) is 25.7 Å². The zero-order chi connectivity index (χ0) is 16.6. The van der Waals surface area contributed by atoms with Crippen molar-refractivity contribution in [3.05, 3.63) is 11.6 Å². The van der Waals surface area contributed by atoms with Crippen LogP contribution in [0.2, 0.25) is 0 Å². The van der Waals surface area contributed by atoms with Crippen molar-refractivity contribution in [1.29, 1.82) is 0 Å². The molecule has 1 aliphatic carbocycles. The first-order valence-corrected chi connectivity index (χ1v) is 7.84. The predicted octanol–water partition coefficient (Wildman–Crippen LogP) is 2.57. The minimum Gasteiger partial charge on any atom is -0.493 e. The molecular weight excluding hydrogens is 298 g/mol. The van der Waals surface area contributed by atoms with Crippen LogP contribution in [0.25, 0.3) is 0 Å². The monoisotopic (exact) mass is 319 g/mol. The Kier molecular flexibility index (Phi) is 4.15. The summed E-state index contributed by atoms with van der Waals surface area (Å²) in [5.41, 5.74) is 0.849. The summed E-state index contributed by atoms with van der Waals surface area (Å²) in [6.07, 6.45) is 5.14. The number of anilines is 1. The van der Waals surface area contributed by atoms with Gasteiger partial charge in [-0.05, 0) is 12.8 Å². The van der Waals surface area contributed by atoms with Crippen molar-refractivity contribution in [1.82, 2.24) is 0 Å². The van der Waals surface area contributed by atoms with E-state index in [9.17, 15) is 9.59 Å². The number of amides is 1. The molecule has 1 fully saturated rings. The summed E-state index contributed by atoms with van der Waals surface area (Å²) in [6, 6.07) is 1.76. The lowest BCUT2D eigenvalue weighted by Gasteiger charge is -2.31. The van der Waals surface area contributed by atoms with Crippen LogP contribution >= 0.6 is 0 Å². The van der Waals surface area contributed by atoms with Crippen LogP contribution in [0.5, 0.6) is 17.2 Å². The molecule has 1 aliphatic heterocycles. The van der Waals surface area contributed by atoms with Crippen LogP contribution in [-0.2, 0) is 4.79 Å². The lowest BCUT2D eigenvalue weighted by molar-refractivity contribution is -0.114. The number of Topliss-reactive ketones (excluding diaryl/α,β-unsaturated/α-hetero) is 1. The molecule has 3 rings (SSSR count). The molecule has 1 amide bonds. The number of methoxy groups -OCH3 is 3. The zero-order valence-corrected chi connectivity index (χ0v) is 13.7. The average Bonchev–Trinajstić information content (AvgIpc) is 2.84. The number of rotatable bonds is 4. The van der Waals surface area contributed by atoms with E-state index in [-0.39, 0.29) is 17.4 Å². The van der Waals surface area contributed by atoms with Crippen LogP contribution in [0.15, 0.2) is 6.07 Å². The Bertz CT molecular complexity index is 649. The second-order valence-corrected chi connectivity index (χ2v) is 5.84. The normalized spacial score (nSPS) is 18.1. The van der Waals surface area contributed by atoms with Gasteiger partial charge in [-0.15, -0.1) is 0 Å². The summed E-state index contributed by atoms with van der Waals surface area (Å²) in [5, 5.41) is 0. The van der Waals surface area contributed by atoms with E-state index in [0.29, 0.717) is 17.2 Å². The van der Waals surface area contributed by atoms with E-state index in [4.69, 9.17) is 14.2 Å². The molecule has 0 aromatic heterocycles. The molecule has 0 bridgehead atoms. The number of hydrogen-bond acceptors (Lipinski definition) is 5. The Morgan fingerprint density at radius 1 is 0.957 bits per heavy atom. The first kappa shape index (κ1) is 15.6. The molecule has 6 heteroatoms. The third kappa shape index (κ3) is 2.33. The second kappa shape index (κ2) is 6.10. The number of carbonyl (C=O) groups is 2. The summed E-state index contributed by atoms with van der Waals surface area (Å²) >= 11 is 0. The summed E-state index contributed by atoms with van der Waals surface area (Å²) < 4.78 is 16.0. The summed E-state index contributed by atoms with van der Waals surface area (Å²) in [4.78, 5) is 26.7. The lowest BCUT2D eigenvalue weighted by Crippen LogP contribution is -2.40. The SMILES string of the molecule is COc1cc2c(c(OC)c1OC)C(=O)C(=O)N2C1CCCCC1. The molecular formula is C17H21NO5. The maximum Gasteiger partial charge on any atom is 0.299 e. The molecule has 1 aromatic rings. The molecule has 0 radical (unpaired) electrons. The fraction of sp³-hybridized carbons (Fsp3) is 0.529. The maximum absolute atomic E-state index is 12.6. The number of benzene rings is 1. The number of ether oxygens (including phenoxy) is 3. The second-order valence-electron chi connectivity index (χ2n) is 5.84. The molecule has 6 nitrogen and oxygen atoms in total. The molecule has 23 heavy (non-hydrogen) atoms. The molecule has 0 spiro atoms. The van der Waals surface area contributed by atoms with Gasteiger partial charge in [0, 0.05) is 12.1 Å². The van der Waals surface area contributed by atoms with E-state index in [1.165, 1.54) is 27.8 Å². The Morgan fingerprint density at radius 3 is 2.17 bits per heavy atom. The van der Waals surface area contributed by atoms with Crippen LogP contribution in [0.4, 0.5) is 5.69 Å². The number of nitrogens with zero attached hydrogens (tertiary/aromatic N) is 1. The van der Waals surface area contributed by atoms with Gasteiger partial charge in [0.05, 0.1) is 32.6 Å². The highest BCUT2D eigenvalue weighted by atomic mass is 16.5. The standard InChI is InChI=1S/C17H21NO5/c1-21-12-9-11-13(16(23-3)15(12)22-2)14(19)17(20)18(11)10-7-5-4-6-8-10/h9-10H,4-8H2,1-3H3. The molecule has 0 saturated heterocycles. The zero-order valence-electron chi connectivity index (χ0n) is 13.7. The summed E-state index contributed by atoms with van der Waals surface area (Å²) in [5.74, 6) is 0.0224. The van der Waals surface area contributed by atoms with Gasteiger partial charge in [0.15, 0.2) is 11.5 Å². The molecule has 1 aromatic carbocycles. The molecule has 2 aliphatic rings. The lowest BCUT2D eigenvalue weighted by atomic mass is 9.94. The van der Waals surface area contributed by atoms with Crippen LogP contribution < -0.4 is 19.1 Å². The Labute approximate surface area is 135 Å². The van der Waals surface area contributed by atoms with Gasteiger partial charge in [-0.25, -0.2) is 0 Å². The van der Waals surface area contributed by atoms with Gasteiger partial charge >= 0.3 is 0 Å². The Balaban J connectivity index is 2.17. The van der Waals surface area contributed by atoms with Crippen molar-refractivity contribution in [3.8, 4) is 17.2 Å². The third-order valence-electron chi connectivity index (χ3n) is 4.65. The van der Waals surface area contributed by atoms with Crippen LogP contribution in [0.1, 0.15) is 42.5 Å². The molecule has 0 unspecified atom stereocenters.